The van der Waals surface area contributed by atoms with Crippen LogP contribution in [0.3, 0.4) is 0 Å². The summed E-state index contributed by atoms with van der Waals surface area (Å²) in [6.45, 7) is 5.08. The van der Waals surface area contributed by atoms with Crippen molar-refractivity contribution in [2.24, 2.45) is 0 Å². The van der Waals surface area contributed by atoms with Gasteiger partial charge in [0.2, 0.25) is 11.8 Å². The van der Waals surface area contributed by atoms with Crippen LogP contribution in [0.5, 0.6) is 0 Å². The summed E-state index contributed by atoms with van der Waals surface area (Å²) in [5.41, 5.74) is 3.33. The minimum absolute atomic E-state index is 0.00511. The molecule has 226 valence electrons. The van der Waals surface area contributed by atoms with Gasteiger partial charge in [-0.15, -0.1) is 0 Å². The van der Waals surface area contributed by atoms with Gasteiger partial charge < -0.3 is 20.4 Å². The zero-order valence-corrected chi connectivity index (χ0v) is 25.6. The first-order valence-electron chi connectivity index (χ1n) is 15.6. The molecule has 0 radical (unpaired) electrons. The Morgan fingerprint density at radius 3 is 2.23 bits per heavy atom. The minimum Gasteiger partial charge on any atom is -0.351 e. The first kappa shape index (κ1) is 31.0. The van der Waals surface area contributed by atoms with E-state index in [1.165, 1.54) is 24.0 Å². The summed E-state index contributed by atoms with van der Waals surface area (Å²) in [5, 5.41) is 7.36. The van der Waals surface area contributed by atoms with Gasteiger partial charge in [0.15, 0.2) is 0 Å². The first-order chi connectivity index (χ1) is 21.0. The molecule has 7 heteroatoms. The van der Waals surface area contributed by atoms with E-state index >= 15 is 0 Å². The molecule has 6 nitrogen and oxygen atoms in total. The number of rotatable bonds is 12. The van der Waals surface area contributed by atoms with E-state index in [0.29, 0.717) is 24.7 Å². The van der Waals surface area contributed by atoms with Crippen molar-refractivity contribution in [3.63, 3.8) is 0 Å². The lowest BCUT2D eigenvalue weighted by Crippen LogP contribution is -2.49. The molecule has 2 heterocycles. The highest BCUT2D eigenvalue weighted by Gasteiger charge is 2.32. The van der Waals surface area contributed by atoms with Crippen LogP contribution in [0.2, 0.25) is 5.02 Å². The van der Waals surface area contributed by atoms with E-state index in [2.05, 4.69) is 69.0 Å². The Bertz CT molecular complexity index is 1290. The summed E-state index contributed by atoms with van der Waals surface area (Å²) in [7, 11) is 0. The van der Waals surface area contributed by atoms with Gasteiger partial charge in [-0.05, 0) is 86.6 Å². The van der Waals surface area contributed by atoms with Gasteiger partial charge in [0.1, 0.15) is 0 Å². The van der Waals surface area contributed by atoms with Crippen LogP contribution in [0.4, 0.5) is 0 Å². The van der Waals surface area contributed by atoms with Crippen molar-refractivity contribution in [3.8, 4) is 0 Å². The minimum atomic E-state index is -0.274. The number of carbonyl (C=O) groups is 2. The van der Waals surface area contributed by atoms with E-state index < -0.39 is 0 Å². The van der Waals surface area contributed by atoms with E-state index in [-0.39, 0.29) is 29.8 Å². The van der Waals surface area contributed by atoms with Crippen LogP contribution in [0, 0.1) is 0 Å². The number of hydrogen-bond donors (Lipinski definition) is 2. The van der Waals surface area contributed by atoms with E-state index in [1.54, 1.807) is 24.3 Å². The fourth-order valence-corrected chi connectivity index (χ4v) is 6.30. The van der Waals surface area contributed by atoms with Crippen LogP contribution in [-0.4, -0.2) is 73.0 Å². The molecule has 3 aromatic carbocycles. The molecular formula is C36H43ClN4O2. The number of amides is 2. The van der Waals surface area contributed by atoms with Crippen LogP contribution in [-0.2, 0) is 9.59 Å². The summed E-state index contributed by atoms with van der Waals surface area (Å²) in [4.78, 5) is 31.3. The molecule has 0 spiro atoms. The van der Waals surface area contributed by atoms with E-state index in [9.17, 15) is 9.59 Å². The maximum absolute atomic E-state index is 14.1. The van der Waals surface area contributed by atoms with Crippen molar-refractivity contribution in [3.05, 3.63) is 113 Å². The topological polar surface area (TPSA) is 64.7 Å². The second kappa shape index (κ2) is 15.9. The van der Waals surface area contributed by atoms with Gasteiger partial charge in [-0.2, -0.15) is 0 Å². The SMILES string of the molecule is O=C(/C=C/c1ccc(Cl)cc1)NC[C@@H]1CCN(CC(c2ccccc2)c2ccccc2)C(=O)[C@H](CCCN2CCCC2)N1. The second-order valence-corrected chi connectivity index (χ2v) is 12.1. The van der Waals surface area contributed by atoms with Crippen molar-refractivity contribution in [1.29, 1.82) is 0 Å². The average Bonchev–Trinajstić information content (AvgIpc) is 3.51. The maximum atomic E-state index is 14.1. The predicted octanol–water partition coefficient (Wildman–Crippen LogP) is 5.74. The molecule has 2 aliphatic heterocycles. The number of carbonyl (C=O) groups excluding carboxylic acids is 2. The summed E-state index contributed by atoms with van der Waals surface area (Å²) in [5.74, 6) is 0.101. The lowest BCUT2D eigenvalue weighted by Gasteiger charge is -2.29. The third kappa shape index (κ3) is 9.27. The molecule has 0 unspecified atom stereocenters. The smallest absolute Gasteiger partial charge is 0.244 e. The average molecular weight is 599 g/mol. The standard InChI is InChI=1S/C36H43ClN4O2/c37-31-18-15-28(16-19-31)17-20-35(42)38-26-32-21-25-41(36(43)34(39-32)14-9-24-40-22-7-8-23-40)27-33(29-10-3-1-4-11-29)30-12-5-2-6-13-30/h1-6,10-13,15-20,32-34,39H,7-9,14,21-27H2,(H,38,42)/b20-17+/t32-,34-/m0/s1. The Hall–Kier alpha value is -3.45. The largest absolute Gasteiger partial charge is 0.351 e. The van der Waals surface area contributed by atoms with E-state index in [0.717, 1.165) is 44.5 Å². The van der Waals surface area contributed by atoms with Crippen molar-refractivity contribution >= 4 is 29.5 Å². The molecular weight excluding hydrogens is 556 g/mol. The Kier molecular flexibility index (Phi) is 11.4. The molecule has 0 bridgehead atoms. The van der Waals surface area contributed by atoms with Gasteiger partial charge in [0, 0.05) is 42.7 Å². The third-order valence-corrected chi connectivity index (χ3v) is 8.84. The van der Waals surface area contributed by atoms with Crippen molar-refractivity contribution in [1.82, 2.24) is 20.4 Å². The molecule has 0 aliphatic carbocycles. The normalized spacial score (nSPS) is 19.7. The number of likely N-dealkylation sites (tertiary alicyclic amines) is 1. The van der Waals surface area contributed by atoms with Crippen LogP contribution < -0.4 is 10.6 Å². The fourth-order valence-electron chi connectivity index (χ4n) is 6.18. The number of benzene rings is 3. The molecule has 2 saturated heterocycles. The highest BCUT2D eigenvalue weighted by molar-refractivity contribution is 6.30. The van der Waals surface area contributed by atoms with Crippen LogP contribution in [0.15, 0.2) is 91.0 Å². The molecule has 2 aliphatic rings. The van der Waals surface area contributed by atoms with Gasteiger partial charge in [0.25, 0.3) is 0 Å². The van der Waals surface area contributed by atoms with Gasteiger partial charge in [0.05, 0.1) is 6.04 Å². The van der Waals surface area contributed by atoms with Crippen LogP contribution in [0.1, 0.15) is 54.7 Å². The molecule has 3 aromatic rings. The molecule has 0 aromatic heterocycles. The van der Waals surface area contributed by atoms with Crippen molar-refractivity contribution in [2.75, 3.05) is 39.3 Å². The lowest BCUT2D eigenvalue weighted by atomic mass is 9.90. The Morgan fingerprint density at radius 2 is 1.58 bits per heavy atom. The molecule has 0 saturated carbocycles. The quantitative estimate of drug-likeness (QED) is 0.261. The lowest BCUT2D eigenvalue weighted by molar-refractivity contribution is -0.133. The molecule has 2 N–H and O–H groups in total. The first-order valence-corrected chi connectivity index (χ1v) is 16.0. The monoisotopic (exact) mass is 598 g/mol. The van der Waals surface area contributed by atoms with E-state index in [1.807, 2.05) is 24.3 Å². The number of nitrogens with one attached hydrogen (secondary N) is 2. The summed E-state index contributed by atoms with van der Waals surface area (Å²) in [6, 6.07) is 28.1. The van der Waals surface area contributed by atoms with Crippen molar-refractivity contribution in [2.45, 2.75) is 50.1 Å². The van der Waals surface area contributed by atoms with Gasteiger partial charge >= 0.3 is 0 Å². The molecule has 2 fully saturated rings. The molecule has 2 atom stereocenters. The number of hydrogen-bond acceptors (Lipinski definition) is 4. The summed E-state index contributed by atoms with van der Waals surface area (Å²) < 4.78 is 0. The van der Waals surface area contributed by atoms with Gasteiger partial charge in [-0.25, -0.2) is 0 Å². The highest BCUT2D eigenvalue weighted by Crippen LogP contribution is 2.27. The van der Waals surface area contributed by atoms with Crippen molar-refractivity contribution < 1.29 is 9.59 Å². The molecule has 5 rings (SSSR count). The number of nitrogens with zero attached hydrogens (tertiary/aromatic N) is 2. The van der Waals surface area contributed by atoms with Gasteiger partial charge in [-0.3, -0.25) is 9.59 Å². The zero-order valence-electron chi connectivity index (χ0n) is 24.8. The Labute approximate surface area is 261 Å². The summed E-state index contributed by atoms with van der Waals surface area (Å²) in [6.07, 6.45) is 8.40. The Balaban J connectivity index is 1.26. The summed E-state index contributed by atoms with van der Waals surface area (Å²) >= 11 is 5.97. The van der Waals surface area contributed by atoms with Gasteiger partial charge in [-0.1, -0.05) is 84.4 Å². The fraction of sp³-hybridized carbons (Fsp3) is 0.389. The predicted molar refractivity (Wildman–Crippen MR) is 175 cm³/mol. The van der Waals surface area contributed by atoms with Crippen LogP contribution >= 0.6 is 11.6 Å². The Morgan fingerprint density at radius 1 is 0.930 bits per heavy atom. The second-order valence-electron chi connectivity index (χ2n) is 11.7. The highest BCUT2D eigenvalue weighted by atomic mass is 35.5. The maximum Gasteiger partial charge on any atom is 0.244 e. The number of halogens is 1. The van der Waals surface area contributed by atoms with E-state index in [4.69, 9.17) is 11.6 Å². The van der Waals surface area contributed by atoms with Crippen LogP contribution in [0.25, 0.3) is 6.08 Å². The molecule has 2 amide bonds. The third-order valence-electron chi connectivity index (χ3n) is 8.59. The zero-order chi connectivity index (χ0) is 29.9. The molecule has 43 heavy (non-hydrogen) atoms.